The van der Waals surface area contributed by atoms with Gasteiger partial charge in [0.2, 0.25) is 16.9 Å². The lowest BCUT2D eigenvalue weighted by atomic mass is 10.1. The summed E-state index contributed by atoms with van der Waals surface area (Å²) in [6.45, 7) is -0.661. The minimum atomic E-state index is -5.82. The first-order chi connectivity index (χ1) is 27.0. The van der Waals surface area contributed by atoms with Crippen molar-refractivity contribution in [3.63, 3.8) is 0 Å². The van der Waals surface area contributed by atoms with E-state index in [1.807, 2.05) is 38.0 Å². The number of aliphatic hydroxyl groups excluding tert-OH is 2. The van der Waals surface area contributed by atoms with E-state index in [0.717, 1.165) is 43.9 Å². The zero-order chi connectivity index (χ0) is 42.7. The number of aliphatic hydroxyl groups is 2. The first-order valence-electron chi connectivity index (χ1n) is 17.2. The lowest BCUT2D eigenvalue weighted by Gasteiger charge is -2.19. The van der Waals surface area contributed by atoms with Gasteiger partial charge in [0.1, 0.15) is 30.7 Å². The minimum Gasteiger partial charge on any atom is -0.387 e. The van der Waals surface area contributed by atoms with Crippen molar-refractivity contribution < 1.29 is 70.7 Å². The number of phosphoric acid groups is 3. The molecule has 2 unspecified atom stereocenters. The first kappa shape index (κ1) is 44.8. The Labute approximate surface area is 330 Å². The summed E-state index contributed by atoms with van der Waals surface area (Å²) in [6, 6.07) is 14.7. The van der Waals surface area contributed by atoms with Crippen molar-refractivity contribution >= 4 is 68.4 Å². The van der Waals surface area contributed by atoms with Crippen molar-refractivity contribution in [2.24, 2.45) is 0 Å². The largest absolute Gasteiger partial charge is 0.490 e. The van der Waals surface area contributed by atoms with Gasteiger partial charge in [-0.1, -0.05) is 11.8 Å². The van der Waals surface area contributed by atoms with Gasteiger partial charge in [-0.2, -0.15) is 18.2 Å². The Hall–Kier alpha value is -4.29. The number of anilines is 3. The number of pyridine rings is 1. The van der Waals surface area contributed by atoms with Gasteiger partial charge in [-0.25, -0.2) is 18.5 Å². The Balaban J connectivity index is 1.21. The maximum absolute atomic E-state index is 12.9. The van der Waals surface area contributed by atoms with Crippen LogP contribution in [0.5, 0.6) is 0 Å². The van der Waals surface area contributed by atoms with Gasteiger partial charge >= 0.3 is 29.2 Å². The highest BCUT2D eigenvalue weighted by Crippen LogP contribution is 2.66. The molecule has 4 aromatic rings. The molecule has 5 rings (SSSR count). The summed E-state index contributed by atoms with van der Waals surface area (Å²) in [4.78, 5) is 69.6. The van der Waals surface area contributed by atoms with Crippen LogP contribution in [0.2, 0.25) is 0 Å². The number of hydrogen-bond donors (Lipinski definition) is 8. The molecule has 9 N–H and O–H groups in total. The van der Waals surface area contributed by atoms with E-state index in [1.54, 1.807) is 0 Å². The zero-order valence-corrected chi connectivity index (χ0v) is 34.2. The van der Waals surface area contributed by atoms with Crippen molar-refractivity contribution in [1.82, 2.24) is 14.9 Å². The summed E-state index contributed by atoms with van der Waals surface area (Å²) in [7, 11) is -9.15. The number of hydrogen-bond acceptors (Lipinski definition) is 15. The Kier molecular flexibility index (Phi) is 13.8. The van der Waals surface area contributed by atoms with E-state index < -0.39 is 60.3 Å². The van der Waals surface area contributed by atoms with Crippen LogP contribution in [0.3, 0.4) is 0 Å². The number of carbonyl (C=O) groups is 1. The molecule has 0 bridgehead atoms. The number of ether oxygens (including phenoxy) is 1. The second-order valence-corrected chi connectivity index (χ2v) is 17.8. The molecule has 58 heavy (non-hydrogen) atoms. The van der Waals surface area contributed by atoms with E-state index in [2.05, 4.69) is 82.3 Å². The van der Waals surface area contributed by atoms with Crippen LogP contribution in [0.15, 0.2) is 53.5 Å². The first-order valence-corrected chi connectivity index (χ1v) is 21.8. The maximum atomic E-state index is 12.9. The molecule has 0 aliphatic carbocycles. The van der Waals surface area contributed by atoms with Crippen LogP contribution in [0, 0.1) is 11.8 Å². The van der Waals surface area contributed by atoms with Crippen LogP contribution in [0.1, 0.15) is 24.6 Å². The molecule has 1 saturated heterocycles. The normalized spacial score (nSPS) is 20.2. The van der Waals surface area contributed by atoms with Crippen LogP contribution in [0.4, 0.5) is 17.2 Å². The molecule has 22 nitrogen and oxygen atoms in total. The molecular formula is C33H43N7O15P3+. The molecule has 1 fully saturated rings. The van der Waals surface area contributed by atoms with Gasteiger partial charge in [0.05, 0.1) is 18.7 Å². The number of nitrogen functional groups attached to an aromatic ring is 1. The molecule has 25 heteroatoms. The Morgan fingerprint density at radius 3 is 2.12 bits per heavy atom. The van der Waals surface area contributed by atoms with Gasteiger partial charge < -0.3 is 55.4 Å². The zero-order valence-electron chi connectivity index (χ0n) is 31.5. The second-order valence-electron chi connectivity index (χ2n) is 13.4. The van der Waals surface area contributed by atoms with Crippen molar-refractivity contribution in [1.29, 1.82) is 0 Å². The average molecular weight is 871 g/mol. The van der Waals surface area contributed by atoms with Crippen LogP contribution < -0.4 is 31.1 Å². The highest BCUT2D eigenvalue weighted by Gasteiger charge is 2.47. The number of nitrogens with zero attached hydrogens (tertiary/aromatic N) is 5. The number of phosphoric ester groups is 1. The van der Waals surface area contributed by atoms with Crippen LogP contribution in [-0.4, -0.2) is 105 Å². The number of aryl methyl sites for hydroxylation is 1. The standard InChI is InChI=1S/C33H42N7O15P3/c1-37(2)23-11-9-20-15-21-10-12-24(38(3)4)17-26(21)39(25(20)16-23)14-6-8-28(41)35-13-5-7-22-18-40(33(44)36-31(22)34)32-30(43)29(42)27(53-32)19-52-57(48,49)55-58(50,51)54-56(45,46)47/h9-12,15-18,27,29-30,32,42-43H,6,8,13-14,19H2,1-4H3,(H6-,34,35,36,41,44,45,46,47,48,49,50,51)/p+1/t27-,29-,30-,32-/m1/s1. The fourth-order valence-corrected chi connectivity index (χ4v) is 9.00. The molecule has 0 radical (unpaired) electrons. The van der Waals surface area contributed by atoms with Gasteiger partial charge in [0.25, 0.3) is 0 Å². The molecule has 2 aromatic carbocycles. The fourth-order valence-electron chi connectivity index (χ4n) is 5.97. The SMILES string of the molecule is CN(C)c1ccc2cc3ccc(N(C)C)cc3[n+](CCCC(=O)NCC#Cc3cn([C@@H]4O[C@H](COP(=O)(O)OP(=O)(O)OP(=O)(O)O)[C@@H](O)[C@H]4O)c(=O)nc3N)c2c1. The molecule has 1 amide bonds. The number of nitrogens with two attached hydrogens (primary N) is 1. The van der Waals surface area contributed by atoms with E-state index in [4.69, 9.17) is 20.3 Å². The lowest BCUT2D eigenvalue weighted by molar-refractivity contribution is -0.645. The number of aromatic nitrogens is 3. The average Bonchev–Trinajstić information content (AvgIpc) is 3.39. The third-order valence-corrected chi connectivity index (χ3v) is 12.5. The summed E-state index contributed by atoms with van der Waals surface area (Å²) in [5.41, 5.74) is 8.94. The Bertz CT molecular complexity index is 2400. The van der Waals surface area contributed by atoms with Gasteiger partial charge in [-0.05, 0) is 30.3 Å². The molecule has 314 valence electrons. The molecule has 0 saturated carbocycles. The predicted octanol–water partition coefficient (Wildman–Crippen LogP) is 0.462. The van der Waals surface area contributed by atoms with Crippen molar-refractivity contribution in [2.45, 2.75) is 43.9 Å². The number of nitrogens with one attached hydrogen (secondary N) is 1. The van der Waals surface area contributed by atoms with E-state index in [0.29, 0.717) is 13.0 Å². The molecule has 0 spiro atoms. The van der Waals surface area contributed by atoms with Gasteiger partial charge in [0, 0.05) is 81.5 Å². The summed E-state index contributed by atoms with van der Waals surface area (Å²) < 4.78 is 54.6. The smallest absolute Gasteiger partial charge is 0.387 e. The highest BCUT2D eigenvalue weighted by atomic mass is 31.3. The number of carbonyl (C=O) groups excluding carboxylic acids is 1. The number of benzene rings is 2. The van der Waals surface area contributed by atoms with Crippen molar-refractivity contribution in [3.8, 4) is 11.8 Å². The van der Waals surface area contributed by atoms with Crippen LogP contribution >= 0.6 is 23.5 Å². The summed E-state index contributed by atoms with van der Waals surface area (Å²) in [5, 5.41) is 25.9. The summed E-state index contributed by atoms with van der Waals surface area (Å²) >= 11 is 0. The Morgan fingerprint density at radius 2 is 1.55 bits per heavy atom. The maximum Gasteiger partial charge on any atom is 0.490 e. The Morgan fingerprint density at radius 1 is 0.948 bits per heavy atom. The van der Waals surface area contributed by atoms with Gasteiger partial charge in [0.15, 0.2) is 6.23 Å². The summed E-state index contributed by atoms with van der Waals surface area (Å²) in [5.74, 6) is 4.83. The number of fused-ring (bicyclic) bond motifs is 2. The molecule has 1 aliphatic heterocycles. The number of amides is 1. The lowest BCUT2D eigenvalue weighted by Crippen LogP contribution is -2.37. The molecule has 1 aliphatic rings. The minimum absolute atomic E-state index is 0.0238. The van der Waals surface area contributed by atoms with Crippen LogP contribution in [0.25, 0.3) is 21.8 Å². The van der Waals surface area contributed by atoms with Gasteiger partial charge in [-0.15, -0.1) is 0 Å². The van der Waals surface area contributed by atoms with Gasteiger partial charge in [-0.3, -0.25) is 13.9 Å². The molecule has 6 atom stereocenters. The van der Waals surface area contributed by atoms with Crippen LogP contribution in [-0.2, 0) is 42.9 Å². The molecular weight excluding hydrogens is 827 g/mol. The number of rotatable bonds is 15. The molecule has 3 heterocycles. The topological polar surface area (TPSA) is 310 Å². The van der Waals surface area contributed by atoms with Crippen molar-refractivity contribution in [3.05, 3.63) is 64.7 Å². The van der Waals surface area contributed by atoms with E-state index in [-0.39, 0.29) is 30.3 Å². The second kappa shape index (κ2) is 17.9. The van der Waals surface area contributed by atoms with E-state index >= 15 is 0 Å². The highest BCUT2D eigenvalue weighted by molar-refractivity contribution is 7.66. The quantitative estimate of drug-likeness (QED) is 0.0348. The third-order valence-electron chi connectivity index (χ3n) is 8.75. The van der Waals surface area contributed by atoms with E-state index in [9.17, 15) is 43.3 Å². The van der Waals surface area contributed by atoms with E-state index in [1.165, 1.54) is 0 Å². The fraction of sp³-hybridized carbons (Fsp3) is 0.394. The molecule has 2 aromatic heterocycles. The monoisotopic (exact) mass is 870 g/mol. The summed E-state index contributed by atoms with van der Waals surface area (Å²) in [6.07, 6.45) is -5.32. The van der Waals surface area contributed by atoms with Crippen molar-refractivity contribution in [2.75, 3.05) is 56.9 Å². The predicted molar refractivity (Wildman–Crippen MR) is 208 cm³/mol. The third kappa shape index (κ3) is 11.3.